The molecule has 0 aliphatic carbocycles. The second kappa shape index (κ2) is 5.51. The van der Waals surface area contributed by atoms with Gasteiger partial charge in [0.15, 0.2) is 11.5 Å². The van der Waals surface area contributed by atoms with Crippen LogP contribution < -0.4 is 5.32 Å². The summed E-state index contributed by atoms with van der Waals surface area (Å²) in [5.74, 6) is -0.470. The first-order valence-electron chi connectivity index (χ1n) is 5.54. The molecular weight excluding hydrogens is 264 g/mol. The highest BCUT2D eigenvalue weighted by Gasteiger charge is 2.12. The smallest absolute Gasteiger partial charge is 0.157 e. The van der Waals surface area contributed by atoms with Crippen LogP contribution >= 0.6 is 11.6 Å². The molecule has 0 saturated heterocycles. The Morgan fingerprint density at radius 1 is 1.05 bits per heavy atom. The Kier molecular flexibility index (Phi) is 3.79. The number of rotatable bonds is 3. The normalized spacial score (nSPS) is 11.6. The van der Waals surface area contributed by atoms with E-state index < -0.39 is 6.04 Å². The van der Waals surface area contributed by atoms with Gasteiger partial charge in [-0.3, -0.25) is 0 Å². The quantitative estimate of drug-likeness (QED) is 0.750. The molecule has 0 aromatic heterocycles. The Balaban J connectivity index is 2.23. The molecule has 0 aliphatic heterocycles. The van der Waals surface area contributed by atoms with Crippen molar-refractivity contribution < 1.29 is 10.2 Å². The summed E-state index contributed by atoms with van der Waals surface area (Å²) in [7, 11) is 0. The molecule has 0 aliphatic rings. The van der Waals surface area contributed by atoms with E-state index >= 15 is 0 Å². The Morgan fingerprint density at radius 3 is 2.32 bits per heavy atom. The number of anilines is 1. The van der Waals surface area contributed by atoms with Crippen LogP contribution in [0.1, 0.15) is 11.6 Å². The molecule has 0 amide bonds. The second-order valence-corrected chi connectivity index (χ2v) is 4.40. The SMILES string of the molecule is N#CC(Nc1ccc(Cl)cc1)c1ccc(O)c(O)c1. The third-order valence-electron chi connectivity index (χ3n) is 2.62. The van der Waals surface area contributed by atoms with Crippen LogP contribution in [0.4, 0.5) is 5.69 Å². The fraction of sp³-hybridized carbons (Fsp3) is 0.0714. The molecule has 96 valence electrons. The molecule has 0 spiro atoms. The van der Waals surface area contributed by atoms with Crippen molar-refractivity contribution in [3.8, 4) is 17.6 Å². The first kappa shape index (κ1) is 13.1. The van der Waals surface area contributed by atoms with Crippen LogP contribution in [-0.2, 0) is 0 Å². The highest BCUT2D eigenvalue weighted by Crippen LogP contribution is 2.29. The molecule has 3 N–H and O–H groups in total. The highest BCUT2D eigenvalue weighted by molar-refractivity contribution is 6.30. The summed E-state index contributed by atoms with van der Waals surface area (Å²) in [6.45, 7) is 0. The molecular formula is C14H11ClN2O2. The minimum absolute atomic E-state index is 0.216. The number of aromatic hydroxyl groups is 2. The molecule has 0 fully saturated rings. The lowest BCUT2D eigenvalue weighted by atomic mass is 10.1. The van der Waals surface area contributed by atoms with Crippen molar-refractivity contribution in [3.05, 3.63) is 53.1 Å². The summed E-state index contributed by atoms with van der Waals surface area (Å²) >= 11 is 5.78. The highest BCUT2D eigenvalue weighted by atomic mass is 35.5. The lowest BCUT2D eigenvalue weighted by molar-refractivity contribution is 0.403. The zero-order valence-electron chi connectivity index (χ0n) is 9.84. The van der Waals surface area contributed by atoms with Gasteiger partial charge in [-0.15, -0.1) is 0 Å². The van der Waals surface area contributed by atoms with Gasteiger partial charge in [0.05, 0.1) is 6.07 Å². The van der Waals surface area contributed by atoms with Crippen LogP contribution in [0.2, 0.25) is 5.02 Å². The number of nitrogens with zero attached hydrogens (tertiary/aromatic N) is 1. The average molecular weight is 275 g/mol. The Labute approximate surface area is 115 Å². The standard InChI is InChI=1S/C14H11ClN2O2/c15-10-2-4-11(5-3-10)17-12(8-16)9-1-6-13(18)14(19)7-9/h1-7,12,17-19H. The van der Waals surface area contributed by atoms with E-state index in [4.69, 9.17) is 11.6 Å². The van der Waals surface area contributed by atoms with Gasteiger partial charge in [-0.2, -0.15) is 5.26 Å². The van der Waals surface area contributed by atoms with Crippen LogP contribution in [0.25, 0.3) is 0 Å². The van der Waals surface area contributed by atoms with Gasteiger partial charge < -0.3 is 15.5 Å². The maximum absolute atomic E-state index is 9.44. The molecule has 5 heteroatoms. The molecule has 0 heterocycles. The molecule has 0 radical (unpaired) electrons. The predicted octanol–water partition coefficient (Wildman–Crippen LogP) is 3.43. The second-order valence-electron chi connectivity index (χ2n) is 3.96. The van der Waals surface area contributed by atoms with Crippen molar-refractivity contribution >= 4 is 17.3 Å². The number of nitriles is 1. The first-order valence-corrected chi connectivity index (χ1v) is 5.91. The number of hydrogen-bond acceptors (Lipinski definition) is 4. The molecule has 19 heavy (non-hydrogen) atoms. The van der Waals surface area contributed by atoms with E-state index in [-0.39, 0.29) is 11.5 Å². The van der Waals surface area contributed by atoms with Gasteiger partial charge in [0.25, 0.3) is 0 Å². The summed E-state index contributed by atoms with van der Waals surface area (Å²) in [6, 6.07) is 12.7. The first-order chi connectivity index (χ1) is 9.10. The van der Waals surface area contributed by atoms with E-state index in [2.05, 4.69) is 11.4 Å². The van der Waals surface area contributed by atoms with Crippen LogP contribution in [0.3, 0.4) is 0 Å². The number of phenolic OH excluding ortho intramolecular Hbond substituents is 2. The summed E-state index contributed by atoms with van der Waals surface area (Å²) in [5, 5.41) is 31.5. The monoisotopic (exact) mass is 274 g/mol. The van der Waals surface area contributed by atoms with E-state index in [1.807, 2.05) is 0 Å². The molecule has 2 aromatic rings. The van der Waals surface area contributed by atoms with Crippen molar-refractivity contribution in [1.82, 2.24) is 0 Å². The van der Waals surface area contributed by atoms with E-state index in [1.165, 1.54) is 12.1 Å². The lowest BCUT2D eigenvalue weighted by Gasteiger charge is -2.14. The van der Waals surface area contributed by atoms with Gasteiger partial charge in [-0.05, 0) is 42.0 Å². The van der Waals surface area contributed by atoms with Crippen molar-refractivity contribution in [3.63, 3.8) is 0 Å². The van der Waals surface area contributed by atoms with Gasteiger partial charge in [-0.1, -0.05) is 17.7 Å². The fourth-order valence-electron chi connectivity index (χ4n) is 1.62. The third-order valence-corrected chi connectivity index (χ3v) is 2.87. The van der Waals surface area contributed by atoms with E-state index in [9.17, 15) is 15.5 Å². The summed E-state index contributed by atoms with van der Waals surface area (Å²) < 4.78 is 0. The van der Waals surface area contributed by atoms with Crippen molar-refractivity contribution in [2.75, 3.05) is 5.32 Å². The molecule has 2 aromatic carbocycles. The minimum Gasteiger partial charge on any atom is -0.504 e. The van der Waals surface area contributed by atoms with Crippen molar-refractivity contribution in [1.29, 1.82) is 5.26 Å². The lowest BCUT2D eigenvalue weighted by Crippen LogP contribution is -2.08. The van der Waals surface area contributed by atoms with Crippen LogP contribution in [0, 0.1) is 11.3 Å². The number of benzene rings is 2. The third kappa shape index (κ3) is 3.09. The van der Waals surface area contributed by atoms with Gasteiger partial charge in [0.2, 0.25) is 0 Å². The zero-order chi connectivity index (χ0) is 13.8. The topological polar surface area (TPSA) is 76.3 Å². The largest absolute Gasteiger partial charge is 0.504 e. The van der Waals surface area contributed by atoms with Crippen molar-refractivity contribution in [2.45, 2.75) is 6.04 Å². The summed E-state index contributed by atoms with van der Waals surface area (Å²) in [6.07, 6.45) is 0. The average Bonchev–Trinajstić information content (AvgIpc) is 2.41. The summed E-state index contributed by atoms with van der Waals surface area (Å²) in [5.41, 5.74) is 1.30. The maximum atomic E-state index is 9.44. The molecule has 0 bridgehead atoms. The van der Waals surface area contributed by atoms with E-state index in [0.29, 0.717) is 10.6 Å². The van der Waals surface area contributed by atoms with Gasteiger partial charge in [0, 0.05) is 10.7 Å². The summed E-state index contributed by atoms with van der Waals surface area (Å²) in [4.78, 5) is 0. The Bertz CT molecular complexity index is 620. The number of nitrogens with one attached hydrogen (secondary N) is 1. The van der Waals surface area contributed by atoms with Gasteiger partial charge in [-0.25, -0.2) is 0 Å². The van der Waals surface area contributed by atoms with E-state index in [0.717, 1.165) is 5.69 Å². The molecule has 1 atom stereocenters. The van der Waals surface area contributed by atoms with Gasteiger partial charge >= 0.3 is 0 Å². The van der Waals surface area contributed by atoms with Crippen molar-refractivity contribution in [2.24, 2.45) is 0 Å². The molecule has 0 saturated carbocycles. The molecule has 4 nitrogen and oxygen atoms in total. The van der Waals surface area contributed by atoms with Gasteiger partial charge in [0.1, 0.15) is 6.04 Å². The van der Waals surface area contributed by atoms with Crippen LogP contribution in [0.15, 0.2) is 42.5 Å². The molecule has 1 unspecified atom stereocenters. The zero-order valence-corrected chi connectivity index (χ0v) is 10.6. The minimum atomic E-state index is -0.632. The number of phenols is 2. The Morgan fingerprint density at radius 2 is 1.74 bits per heavy atom. The van der Waals surface area contributed by atoms with E-state index in [1.54, 1.807) is 30.3 Å². The van der Waals surface area contributed by atoms with Crippen LogP contribution in [0.5, 0.6) is 11.5 Å². The number of halogens is 1. The fourth-order valence-corrected chi connectivity index (χ4v) is 1.75. The Hall–Kier alpha value is -2.38. The van der Waals surface area contributed by atoms with Crippen LogP contribution in [-0.4, -0.2) is 10.2 Å². The maximum Gasteiger partial charge on any atom is 0.157 e. The molecule has 2 rings (SSSR count). The number of hydrogen-bond donors (Lipinski definition) is 3. The predicted molar refractivity (Wildman–Crippen MR) is 73.2 cm³/mol.